The zero-order chi connectivity index (χ0) is 21.4. The van der Waals surface area contributed by atoms with E-state index in [-0.39, 0.29) is 36.0 Å². The Balaban J connectivity index is 1.42. The van der Waals surface area contributed by atoms with E-state index in [9.17, 15) is 17.6 Å². The third-order valence-corrected chi connectivity index (χ3v) is 7.11. The molecular weight excluding hydrogens is 411 g/mol. The van der Waals surface area contributed by atoms with Gasteiger partial charge in [0.05, 0.1) is 23.7 Å². The van der Waals surface area contributed by atoms with E-state index in [1.54, 1.807) is 19.3 Å². The SMILES string of the molecule is CN(Cc1ccccn1)C(=O)C1=NO[C@]2(CCN(S(=O)(=O)c3cccc(F)c3)C2)C1. The normalized spacial score (nSPS) is 21.5. The fourth-order valence-corrected chi connectivity index (χ4v) is 5.22. The summed E-state index contributed by atoms with van der Waals surface area (Å²) in [5.41, 5.74) is 0.117. The molecule has 1 amide bonds. The van der Waals surface area contributed by atoms with Gasteiger partial charge < -0.3 is 9.74 Å². The summed E-state index contributed by atoms with van der Waals surface area (Å²) in [6, 6.07) is 10.4. The molecule has 0 saturated carbocycles. The van der Waals surface area contributed by atoms with Crippen molar-refractivity contribution < 1.29 is 22.4 Å². The Morgan fingerprint density at radius 3 is 2.87 bits per heavy atom. The standard InChI is InChI=1S/C20H21FN4O4S/c1-24(13-16-6-2-3-9-22-16)19(26)18-12-20(29-23-18)8-10-25(14-20)30(27,28)17-7-4-5-15(21)11-17/h2-7,9,11H,8,10,12-14H2,1H3/t20-/m1/s1. The maximum Gasteiger partial charge on any atom is 0.271 e. The number of sulfonamides is 1. The number of rotatable bonds is 5. The molecular formula is C20H21FN4O4S. The van der Waals surface area contributed by atoms with Crippen LogP contribution in [0.4, 0.5) is 4.39 Å². The van der Waals surface area contributed by atoms with Crippen molar-refractivity contribution in [2.75, 3.05) is 20.1 Å². The summed E-state index contributed by atoms with van der Waals surface area (Å²) in [5.74, 6) is -0.904. The summed E-state index contributed by atoms with van der Waals surface area (Å²) in [7, 11) is -2.21. The van der Waals surface area contributed by atoms with Gasteiger partial charge in [-0.2, -0.15) is 4.31 Å². The van der Waals surface area contributed by atoms with Crippen LogP contribution in [0.5, 0.6) is 0 Å². The number of oxime groups is 1. The van der Waals surface area contributed by atoms with Crippen LogP contribution >= 0.6 is 0 Å². The van der Waals surface area contributed by atoms with Gasteiger partial charge in [0.2, 0.25) is 10.0 Å². The lowest BCUT2D eigenvalue weighted by Crippen LogP contribution is -2.39. The number of nitrogens with zero attached hydrogens (tertiary/aromatic N) is 4. The Bertz CT molecular complexity index is 1090. The number of carbonyl (C=O) groups is 1. The summed E-state index contributed by atoms with van der Waals surface area (Å²) in [6.45, 7) is 0.585. The fraction of sp³-hybridized carbons (Fsp3) is 0.350. The van der Waals surface area contributed by atoms with E-state index >= 15 is 0 Å². The third-order valence-electron chi connectivity index (χ3n) is 5.27. The minimum absolute atomic E-state index is 0.0517. The van der Waals surface area contributed by atoms with Crippen LogP contribution in [0.25, 0.3) is 0 Å². The predicted molar refractivity (Wildman–Crippen MR) is 106 cm³/mol. The van der Waals surface area contributed by atoms with Crippen LogP contribution in [0.3, 0.4) is 0 Å². The molecule has 2 aliphatic heterocycles. The number of amides is 1. The van der Waals surface area contributed by atoms with Crippen molar-refractivity contribution in [2.24, 2.45) is 5.16 Å². The average molecular weight is 432 g/mol. The Hall–Kier alpha value is -2.85. The molecule has 1 aromatic carbocycles. The minimum Gasteiger partial charge on any atom is -0.387 e. The summed E-state index contributed by atoms with van der Waals surface area (Å²) in [4.78, 5) is 23.9. The third kappa shape index (κ3) is 3.92. The van der Waals surface area contributed by atoms with Gasteiger partial charge in [0.25, 0.3) is 5.91 Å². The molecule has 1 atom stereocenters. The quantitative estimate of drug-likeness (QED) is 0.718. The van der Waals surface area contributed by atoms with Crippen LogP contribution in [-0.4, -0.2) is 60.0 Å². The molecule has 30 heavy (non-hydrogen) atoms. The largest absolute Gasteiger partial charge is 0.387 e. The lowest BCUT2D eigenvalue weighted by atomic mass is 9.96. The molecule has 0 aliphatic carbocycles. The number of hydrogen-bond donors (Lipinski definition) is 0. The molecule has 0 radical (unpaired) electrons. The highest BCUT2D eigenvalue weighted by atomic mass is 32.2. The molecule has 1 fully saturated rings. The molecule has 0 unspecified atom stereocenters. The summed E-state index contributed by atoms with van der Waals surface area (Å²) >= 11 is 0. The van der Waals surface area contributed by atoms with Gasteiger partial charge in [-0.1, -0.05) is 17.3 Å². The molecule has 2 aliphatic rings. The first-order valence-electron chi connectivity index (χ1n) is 9.45. The van der Waals surface area contributed by atoms with Gasteiger partial charge in [0, 0.05) is 32.6 Å². The van der Waals surface area contributed by atoms with Crippen molar-refractivity contribution in [3.8, 4) is 0 Å². The number of hydrogen-bond acceptors (Lipinski definition) is 6. The van der Waals surface area contributed by atoms with Gasteiger partial charge in [-0.3, -0.25) is 9.78 Å². The first kappa shape index (κ1) is 20.4. The van der Waals surface area contributed by atoms with Crippen molar-refractivity contribution in [2.45, 2.75) is 29.9 Å². The number of halogens is 1. The molecule has 158 valence electrons. The molecule has 1 aromatic heterocycles. The van der Waals surface area contributed by atoms with E-state index < -0.39 is 21.4 Å². The molecule has 10 heteroatoms. The highest BCUT2D eigenvalue weighted by Crippen LogP contribution is 2.36. The van der Waals surface area contributed by atoms with Crippen molar-refractivity contribution in [1.29, 1.82) is 0 Å². The van der Waals surface area contributed by atoms with Gasteiger partial charge in [-0.15, -0.1) is 0 Å². The number of carbonyl (C=O) groups excluding carboxylic acids is 1. The van der Waals surface area contributed by atoms with Crippen LogP contribution in [-0.2, 0) is 26.2 Å². The molecule has 0 N–H and O–H groups in total. The van der Waals surface area contributed by atoms with E-state index in [2.05, 4.69) is 10.1 Å². The van der Waals surface area contributed by atoms with E-state index in [4.69, 9.17) is 4.84 Å². The monoisotopic (exact) mass is 432 g/mol. The fourth-order valence-electron chi connectivity index (χ4n) is 3.67. The average Bonchev–Trinajstić information content (AvgIpc) is 3.35. The van der Waals surface area contributed by atoms with Crippen molar-refractivity contribution >= 4 is 21.6 Å². The van der Waals surface area contributed by atoms with Gasteiger partial charge in [0.1, 0.15) is 11.5 Å². The van der Waals surface area contributed by atoms with E-state index in [0.29, 0.717) is 13.0 Å². The van der Waals surface area contributed by atoms with Crippen molar-refractivity contribution in [3.63, 3.8) is 0 Å². The molecule has 3 heterocycles. The maximum atomic E-state index is 13.5. The lowest BCUT2D eigenvalue weighted by Gasteiger charge is -2.22. The summed E-state index contributed by atoms with van der Waals surface area (Å²) in [6.07, 6.45) is 2.27. The van der Waals surface area contributed by atoms with E-state index in [1.807, 2.05) is 12.1 Å². The Morgan fingerprint density at radius 1 is 1.30 bits per heavy atom. The second-order valence-corrected chi connectivity index (χ2v) is 9.46. The first-order valence-corrected chi connectivity index (χ1v) is 10.9. The lowest BCUT2D eigenvalue weighted by molar-refractivity contribution is -0.123. The van der Waals surface area contributed by atoms with Crippen LogP contribution < -0.4 is 0 Å². The van der Waals surface area contributed by atoms with E-state index in [0.717, 1.165) is 11.8 Å². The molecule has 4 rings (SSSR count). The Labute approximate surface area is 174 Å². The Morgan fingerprint density at radius 2 is 2.13 bits per heavy atom. The molecule has 8 nitrogen and oxygen atoms in total. The van der Waals surface area contributed by atoms with Crippen LogP contribution in [0.1, 0.15) is 18.5 Å². The van der Waals surface area contributed by atoms with Crippen molar-refractivity contribution in [1.82, 2.24) is 14.2 Å². The highest BCUT2D eigenvalue weighted by molar-refractivity contribution is 7.89. The highest BCUT2D eigenvalue weighted by Gasteiger charge is 2.50. The predicted octanol–water partition coefficient (Wildman–Crippen LogP) is 1.79. The minimum atomic E-state index is -3.86. The van der Waals surface area contributed by atoms with Gasteiger partial charge in [-0.05, 0) is 30.3 Å². The van der Waals surface area contributed by atoms with Crippen LogP contribution in [0.15, 0.2) is 58.7 Å². The summed E-state index contributed by atoms with van der Waals surface area (Å²) in [5, 5.41) is 3.96. The zero-order valence-electron chi connectivity index (χ0n) is 16.4. The van der Waals surface area contributed by atoms with E-state index in [1.165, 1.54) is 27.4 Å². The summed E-state index contributed by atoms with van der Waals surface area (Å²) < 4.78 is 40.4. The topological polar surface area (TPSA) is 92.2 Å². The van der Waals surface area contributed by atoms with Crippen LogP contribution in [0, 0.1) is 5.82 Å². The number of pyridine rings is 1. The number of benzene rings is 1. The van der Waals surface area contributed by atoms with Gasteiger partial charge in [-0.25, -0.2) is 12.8 Å². The zero-order valence-corrected chi connectivity index (χ0v) is 17.2. The van der Waals surface area contributed by atoms with Gasteiger partial charge >= 0.3 is 0 Å². The smallest absolute Gasteiger partial charge is 0.271 e. The molecule has 1 spiro atoms. The molecule has 2 aromatic rings. The van der Waals surface area contributed by atoms with Gasteiger partial charge in [0.15, 0.2) is 5.60 Å². The van der Waals surface area contributed by atoms with Crippen molar-refractivity contribution in [3.05, 3.63) is 60.2 Å². The first-order chi connectivity index (χ1) is 14.3. The Kier molecular flexibility index (Phi) is 5.29. The molecule has 1 saturated heterocycles. The second-order valence-electron chi connectivity index (χ2n) is 7.52. The molecule has 0 bridgehead atoms. The number of aromatic nitrogens is 1. The van der Waals surface area contributed by atoms with Crippen LogP contribution in [0.2, 0.25) is 0 Å². The maximum absolute atomic E-state index is 13.5. The second kappa shape index (κ2) is 7.77.